The summed E-state index contributed by atoms with van der Waals surface area (Å²) in [6, 6.07) is 2.05. The smallest absolute Gasteiger partial charge is 0.135 e. The van der Waals surface area contributed by atoms with E-state index in [-0.39, 0.29) is 5.41 Å². The number of nitrogens with zero attached hydrogens (tertiary/aromatic N) is 3. The van der Waals surface area contributed by atoms with Gasteiger partial charge in [-0.05, 0) is 25.2 Å². The number of anilines is 1. The van der Waals surface area contributed by atoms with Gasteiger partial charge in [-0.2, -0.15) is 11.8 Å². The predicted octanol–water partition coefficient (Wildman–Crippen LogP) is 3.50. The van der Waals surface area contributed by atoms with Gasteiger partial charge in [0.2, 0.25) is 0 Å². The van der Waals surface area contributed by atoms with E-state index >= 15 is 0 Å². The molecule has 106 valence electrons. The summed E-state index contributed by atoms with van der Waals surface area (Å²) in [5.74, 6) is 2.04. The first-order chi connectivity index (χ1) is 9.00. The van der Waals surface area contributed by atoms with Crippen LogP contribution in [0.1, 0.15) is 45.9 Å². The molecule has 1 aromatic heterocycles. The lowest BCUT2D eigenvalue weighted by Crippen LogP contribution is -2.31. The number of thioether (sulfide) groups is 1. The summed E-state index contributed by atoms with van der Waals surface area (Å²) in [5, 5.41) is 0.732. The molecule has 1 atom stereocenters. The van der Waals surface area contributed by atoms with Gasteiger partial charge in [0.05, 0.1) is 0 Å². The zero-order valence-electron chi connectivity index (χ0n) is 12.5. The number of hydrogen-bond donors (Lipinski definition) is 0. The predicted molar refractivity (Wildman–Crippen MR) is 84.1 cm³/mol. The van der Waals surface area contributed by atoms with Gasteiger partial charge in [0.1, 0.15) is 11.6 Å². The Labute approximate surface area is 121 Å². The Morgan fingerprint density at radius 1 is 1.32 bits per heavy atom. The molecule has 2 heterocycles. The summed E-state index contributed by atoms with van der Waals surface area (Å²) >= 11 is 1.98. The average Bonchev–Trinajstić information content (AvgIpc) is 2.63. The molecule has 1 saturated heterocycles. The van der Waals surface area contributed by atoms with Crippen molar-refractivity contribution in [3.8, 4) is 0 Å². The Morgan fingerprint density at radius 3 is 2.79 bits per heavy atom. The lowest BCUT2D eigenvalue weighted by atomic mass is 9.96. The van der Waals surface area contributed by atoms with Crippen LogP contribution >= 0.6 is 11.8 Å². The fourth-order valence-electron chi connectivity index (χ4n) is 2.39. The van der Waals surface area contributed by atoms with Crippen LogP contribution in [-0.2, 0) is 5.41 Å². The van der Waals surface area contributed by atoms with Crippen LogP contribution in [0.25, 0.3) is 0 Å². The third-order valence-corrected chi connectivity index (χ3v) is 4.65. The summed E-state index contributed by atoms with van der Waals surface area (Å²) in [6.45, 7) is 8.73. The van der Waals surface area contributed by atoms with E-state index in [1.807, 2.05) is 18.0 Å². The fraction of sp³-hybridized carbons (Fsp3) is 0.733. The maximum Gasteiger partial charge on any atom is 0.135 e. The molecule has 0 radical (unpaired) electrons. The molecule has 1 aliphatic heterocycles. The summed E-state index contributed by atoms with van der Waals surface area (Å²) in [5.41, 5.74) is 0.0146. The van der Waals surface area contributed by atoms with E-state index < -0.39 is 0 Å². The van der Waals surface area contributed by atoms with Crippen LogP contribution in [-0.4, -0.2) is 34.6 Å². The van der Waals surface area contributed by atoms with E-state index in [9.17, 15) is 0 Å². The normalized spacial score (nSPS) is 21.3. The Hall–Kier alpha value is -0.770. The van der Waals surface area contributed by atoms with Gasteiger partial charge < -0.3 is 4.90 Å². The van der Waals surface area contributed by atoms with E-state index in [4.69, 9.17) is 4.98 Å². The van der Waals surface area contributed by atoms with Gasteiger partial charge in [-0.15, -0.1) is 0 Å². The lowest BCUT2D eigenvalue weighted by molar-refractivity contribution is 0.543. The van der Waals surface area contributed by atoms with Gasteiger partial charge in [0.25, 0.3) is 0 Å². The molecule has 0 aromatic carbocycles. The van der Waals surface area contributed by atoms with Crippen LogP contribution in [0.2, 0.25) is 0 Å². The van der Waals surface area contributed by atoms with Gasteiger partial charge in [0, 0.05) is 30.0 Å². The van der Waals surface area contributed by atoms with Crippen molar-refractivity contribution >= 4 is 17.6 Å². The molecular formula is C15H25N3S. The van der Waals surface area contributed by atoms with Crippen molar-refractivity contribution in [3.63, 3.8) is 0 Å². The molecule has 0 saturated carbocycles. The van der Waals surface area contributed by atoms with Crippen LogP contribution < -0.4 is 4.90 Å². The molecular weight excluding hydrogens is 254 g/mol. The molecule has 0 amide bonds. The Balaban J connectivity index is 2.20. The highest BCUT2D eigenvalue weighted by atomic mass is 32.2. The van der Waals surface area contributed by atoms with Crippen LogP contribution in [0, 0.1) is 0 Å². The third kappa shape index (κ3) is 3.85. The van der Waals surface area contributed by atoms with Crippen LogP contribution in [0.15, 0.2) is 12.3 Å². The maximum absolute atomic E-state index is 4.78. The molecule has 0 bridgehead atoms. The summed E-state index contributed by atoms with van der Waals surface area (Å²) in [4.78, 5) is 11.6. The van der Waals surface area contributed by atoms with E-state index in [1.54, 1.807) is 0 Å². The summed E-state index contributed by atoms with van der Waals surface area (Å²) in [7, 11) is 0. The van der Waals surface area contributed by atoms with Gasteiger partial charge >= 0.3 is 0 Å². The van der Waals surface area contributed by atoms with Gasteiger partial charge in [-0.3, -0.25) is 0 Å². The SMILES string of the molecule is CSC1CCCCN(c2ccnc(C(C)(C)C)n2)C1. The molecule has 0 aliphatic carbocycles. The van der Waals surface area contributed by atoms with Crippen molar-refractivity contribution < 1.29 is 0 Å². The Kier molecular flexibility index (Phi) is 4.71. The minimum atomic E-state index is 0.0146. The highest BCUT2D eigenvalue weighted by Gasteiger charge is 2.21. The van der Waals surface area contributed by atoms with E-state index in [0.29, 0.717) is 0 Å². The second-order valence-electron chi connectivity index (χ2n) is 6.29. The minimum absolute atomic E-state index is 0.0146. The molecule has 3 nitrogen and oxygen atoms in total. The van der Waals surface area contributed by atoms with Crippen molar-refractivity contribution in [3.05, 3.63) is 18.1 Å². The van der Waals surface area contributed by atoms with Crippen molar-refractivity contribution in [2.45, 2.75) is 50.7 Å². The average molecular weight is 279 g/mol. The summed E-state index contributed by atoms with van der Waals surface area (Å²) in [6.07, 6.45) is 8.05. The monoisotopic (exact) mass is 279 g/mol. The van der Waals surface area contributed by atoms with Gasteiger partial charge in [-0.25, -0.2) is 9.97 Å². The molecule has 0 N–H and O–H groups in total. The first-order valence-corrected chi connectivity index (χ1v) is 8.41. The van der Waals surface area contributed by atoms with Crippen molar-refractivity contribution in [2.75, 3.05) is 24.2 Å². The molecule has 1 unspecified atom stereocenters. The van der Waals surface area contributed by atoms with Crippen molar-refractivity contribution in [1.82, 2.24) is 9.97 Å². The first-order valence-electron chi connectivity index (χ1n) is 7.12. The molecule has 4 heteroatoms. The quantitative estimate of drug-likeness (QED) is 0.828. The van der Waals surface area contributed by atoms with E-state index in [1.165, 1.54) is 19.3 Å². The Morgan fingerprint density at radius 2 is 2.11 bits per heavy atom. The van der Waals surface area contributed by atoms with Crippen LogP contribution in [0.4, 0.5) is 5.82 Å². The molecule has 1 aromatic rings. The largest absolute Gasteiger partial charge is 0.355 e. The molecule has 2 rings (SSSR count). The van der Waals surface area contributed by atoms with Crippen molar-refractivity contribution in [2.24, 2.45) is 0 Å². The maximum atomic E-state index is 4.78. The van der Waals surface area contributed by atoms with E-state index in [2.05, 4.69) is 43.0 Å². The molecule has 1 fully saturated rings. The number of hydrogen-bond acceptors (Lipinski definition) is 4. The topological polar surface area (TPSA) is 29.0 Å². The fourth-order valence-corrected chi connectivity index (χ4v) is 3.12. The van der Waals surface area contributed by atoms with Gasteiger partial charge in [0.15, 0.2) is 0 Å². The molecule has 1 aliphatic rings. The minimum Gasteiger partial charge on any atom is -0.355 e. The lowest BCUT2D eigenvalue weighted by Gasteiger charge is -2.26. The standard InChI is InChI=1S/C15H25N3S/c1-15(2,3)14-16-9-8-13(17-14)18-10-6-5-7-12(11-18)19-4/h8-9,12H,5-7,10-11H2,1-4H3. The van der Waals surface area contributed by atoms with E-state index in [0.717, 1.165) is 30.0 Å². The Bertz CT molecular complexity index is 414. The highest BCUT2D eigenvalue weighted by Crippen LogP contribution is 2.25. The van der Waals surface area contributed by atoms with Crippen molar-refractivity contribution in [1.29, 1.82) is 0 Å². The first kappa shape index (κ1) is 14.6. The summed E-state index contributed by atoms with van der Waals surface area (Å²) < 4.78 is 0. The third-order valence-electron chi connectivity index (χ3n) is 3.60. The zero-order valence-corrected chi connectivity index (χ0v) is 13.3. The number of aromatic nitrogens is 2. The molecule has 19 heavy (non-hydrogen) atoms. The zero-order chi connectivity index (χ0) is 13.9. The number of rotatable bonds is 2. The molecule has 0 spiro atoms. The van der Waals surface area contributed by atoms with Crippen LogP contribution in [0.3, 0.4) is 0 Å². The highest BCUT2D eigenvalue weighted by molar-refractivity contribution is 7.99. The van der Waals surface area contributed by atoms with Gasteiger partial charge in [-0.1, -0.05) is 27.2 Å². The second-order valence-corrected chi connectivity index (χ2v) is 7.43. The second kappa shape index (κ2) is 6.12. The van der Waals surface area contributed by atoms with Crippen LogP contribution in [0.5, 0.6) is 0 Å².